The van der Waals surface area contributed by atoms with Gasteiger partial charge in [-0.05, 0) is 13.3 Å². The summed E-state index contributed by atoms with van der Waals surface area (Å²) in [5.74, 6) is 0.409. The van der Waals surface area contributed by atoms with E-state index in [0.717, 1.165) is 0 Å². The second-order valence-electron chi connectivity index (χ2n) is 4.76. The first kappa shape index (κ1) is 12.3. The van der Waals surface area contributed by atoms with Gasteiger partial charge in [0.1, 0.15) is 11.6 Å². The van der Waals surface area contributed by atoms with E-state index in [1.54, 1.807) is 6.92 Å². The summed E-state index contributed by atoms with van der Waals surface area (Å²) in [6.45, 7) is 9.21. The quantitative estimate of drug-likeness (QED) is 0.673. The average molecular weight is 184 g/mol. The molecule has 0 heterocycles. The van der Waals surface area contributed by atoms with Gasteiger partial charge in [0, 0.05) is 17.8 Å². The largest absolute Gasteiger partial charge is 0.300 e. The highest BCUT2D eigenvalue weighted by Gasteiger charge is 2.26. The smallest absolute Gasteiger partial charge is 0.141 e. The Bertz CT molecular complexity index is 199. The zero-order valence-electron chi connectivity index (χ0n) is 9.31. The average Bonchev–Trinajstić information content (AvgIpc) is 1.96. The van der Waals surface area contributed by atoms with Gasteiger partial charge in [0.2, 0.25) is 0 Å². The fraction of sp³-hybridized carbons (Fsp3) is 0.818. The van der Waals surface area contributed by atoms with Crippen molar-refractivity contribution < 1.29 is 9.59 Å². The molecular formula is C11H20O2. The first-order chi connectivity index (χ1) is 5.75. The molecular weight excluding hydrogens is 164 g/mol. The van der Waals surface area contributed by atoms with Crippen molar-refractivity contribution in [2.24, 2.45) is 11.3 Å². The third kappa shape index (κ3) is 4.81. The van der Waals surface area contributed by atoms with Crippen LogP contribution in [0.3, 0.4) is 0 Å². The molecule has 0 spiro atoms. The predicted molar refractivity (Wildman–Crippen MR) is 53.5 cm³/mol. The standard InChI is InChI=1S/C11H20O2/c1-8(6-7-9(2)12)10(13)11(3,4)5/h8H,6-7H2,1-5H3. The van der Waals surface area contributed by atoms with Crippen LogP contribution >= 0.6 is 0 Å². The minimum Gasteiger partial charge on any atom is -0.300 e. The third-order valence-electron chi connectivity index (χ3n) is 2.12. The highest BCUT2D eigenvalue weighted by atomic mass is 16.1. The normalized spacial score (nSPS) is 13.9. The summed E-state index contributed by atoms with van der Waals surface area (Å²) in [6.07, 6.45) is 1.20. The second-order valence-corrected chi connectivity index (χ2v) is 4.76. The summed E-state index contributed by atoms with van der Waals surface area (Å²) in [5, 5.41) is 0. The van der Waals surface area contributed by atoms with Crippen LogP contribution in [0, 0.1) is 11.3 Å². The van der Waals surface area contributed by atoms with Crippen molar-refractivity contribution in [3.63, 3.8) is 0 Å². The highest BCUT2D eigenvalue weighted by molar-refractivity contribution is 5.86. The Morgan fingerprint density at radius 3 is 2.00 bits per heavy atom. The molecule has 0 aromatic carbocycles. The van der Waals surface area contributed by atoms with E-state index < -0.39 is 0 Å². The Hall–Kier alpha value is -0.660. The van der Waals surface area contributed by atoms with Gasteiger partial charge in [0.05, 0.1) is 0 Å². The summed E-state index contributed by atoms with van der Waals surface area (Å²) in [4.78, 5) is 22.4. The molecule has 0 aromatic heterocycles. The number of rotatable bonds is 4. The topological polar surface area (TPSA) is 34.1 Å². The molecule has 0 radical (unpaired) electrons. The van der Waals surface area contributed by atoms with Crippen molar-refractivity contribution >= 4 is 11.6 Å². The van der Waals surface area contributed by atoms with Crippen molar-refractivity contribution in [1.29, 1.82) is 0 Å². The van der Waals surface area contributed by atoms with Gasteiger partial charge in [-0.1, -0.05) is 27.7 Å². The van der Waals surface area contributed by atoms with E-state index in [2.05, 4.69) is 0 Å². The van der Waals surface area contributed by atoms with E-state index in [0.29, 0.717) is 12.8 Å². The maximum Gasteiger partial charge on any atom is 0.141 e. The molecule has 0 saturated carbocycles. The zero-order valence-corrected chi connectivity index (χ0v) is 9.31. The lowest BCUT2D eigenvalue weighted by Gasteiger charge is -2.21. The van der Waals surface area contributed by atoms with E-state index in [1.807, 2.05) is 27.7 Å². The third-order valence-corrected chi connectivity index (χ3v) is 2.12. The molecule has 0 aliphatic heterocycles. The van der Waals surface area contributed by atoms with Crippen LogP contribution in [0.2, 0.25) is 0 Å². The van der Waals surface area contributed by atoms with Crippen LogP contribution in [0.4, 0.5) is 0 Å². The van der Waals surface area contributed by atoms with Gasteiger partial charge >= 0.3 is 0 Å². The molecule has 0 saturated heterocycles. The first-order valence-corrected chi connectivity index (χ1v) is 4.79. The zero-order chi connectivity index (χ0) is 10.6. The van der Waals surface area contributed by atoms with Crippen molar-refractivity contribution in [2.75, 3.05) is 0 Å². The maximum absolute atomic E-state index is 11.7. The van der Waals surface area contributed by atoms with E-state index in [9.17, 15) is 9.59 Å². The Kier molecular flexibility index (Phi) is 4.31. The lowest BCUT2D eigenvalue weighted by molar-refractivity contribution is -0.130. The van der Waals surface area contributed by atoms with E-state index in [4.69, 9.17) is 0 Å². The Morgan fingerprint density at radius 1 is 1.23 bits per heavy atom. The molecule has 0 aromatic rings. The van der Waals surface area contributed by atoms with E-state index in [1.165, 1.54) is 0 Å². The van der Waals surface area contributed by atoms with Crippen LogP contribution in [0.25, 0.3) is 0 Å². The molecule has 0 aliphatic rings. The van der Waals surface area contributed by atoms with Gasteiger partial charge in [-0.2, -0.15) is 0 Å². The molecule has 0 N–H and O–H groups in total. The minimum absolute atomic E-state index is 0.00361. The molecule has 76 valence electrons. The molecule has 0 amide bonds. The number of carbonyl (C=O) groups excluding carboxylic acids is 2. The molecule has 0 aliphatic carbocycles. The van der Waals surface area contributed by atoms with Gasteiger partial charge < -0.3 is 4.79 Å². The lowest BCUT2D eigenvalue weighted by atomic mass is 9.82. The Labute approximate surface area is 80.7 Å². The van der Waals surface area contributed by atoms with E-state index in [-0.39, 0.29) is 22.9 Å². The second kappa shape index (κ2) is 4.54. The number of carbonyl (C=O) groups is 2. The molecule has 1 atom stereocenters. The van der Waals surface area contributed by atoms with Crippen molar-refractivity contribution in [1.82, 2.24) is 0 Å². The van der Waals surface area contributed by atoms with Crippen molar-refractivity contribution in [2.45, 2.75) is 47.5 Å². The van der Waals surface area contributed by atoms with Crippen LogP contribution in [0.1, 0.15) is 47.5 Å². The Morgan fingerprint density at radius 2 is 1.69 bits per heavy atom. The molecule has 2 heteroatoms. The Balaban J connectivity index is 4.05. The predicted octanol–water partition coefficient (Wildman–Crippen LogP) is 2.61. The molecule has 2 nitrogen and oxygen atoms in total. The van der Waals surface area contributed by atoms with Crippen molar-refractivity contribution in [3.8, 4) is 0 Å². The summed E-state index contributed by atoms with van der Waals surface area (Å²) in [7, 11) is 0. The van der Waals surface area contributed by atoms with Crippen LogP contribution in [-0.2, 0) is 9.59 Å². The molecule has 13 heavy (non-hydrogen) atoms. The monoisotopic (exact) mass is 184 g/mol. The van der Waals surface area contributed by atoms with Crippen LogP contribution in [0.5, 0.6) is 0 Å². The van der Waals surface area contributed by atoms with E-state index >= 15 is 0 Å². The van der Waals surface area contributed by atoms with Gasteiger partial charge in [-0.25, -0.2) is 0 Å². The van der Waals surface area contributed by atoms with Crippen LogP contribution in [-0.4, -0.2) is 11.6 Å². The lowest BCUT2D eigenvalue weighted by Crippen LogP contribution is -2.26. The van der Waals surface area contributed by atoms with Crippen molar-refractivity contribution in [3.05, 3.63) is 0 Å². The molecule has 0 rings (SSSR count). The maximum atomic E-state index is 11.7. The number of hydrogen-bond acceptors (Lipinski definition) is 2. The fourth-order valence-electron chi connectivity index (χ4n) is 1.29. The molecule has 0 bridgehead atoms. The minimum atomic E-state index is -0.282. The molecule has 0 fully saturated rings. The summed E-state index contributed by atoms with van der Waals surface area (Å²) in [5.41, 5.74) is -0.282. The summed E-state index contributed by atoms with van der Waals surface area (Å²) >= 11 is 0. The fourth-order valence-corrected chi connectivity index (χ4v) is 1.29. The number of Topliss-reactive ketones (excluding diaryl/α,β-unsaturated/α-hetero) is 2. The first-order valence-electron chi connectivity index (χ1n) is 4.79. The van der Waals surface area contributed by atoms with Gasteiger partial charge in [-0.15, -0.1) is 0 Å². The number of hydrogen-bond donors (Lipinski definition) is 0. The SMILES string of the molecule is CC(=O)CCC(C)C(=O)C(C)(C)C. The van der Waals surface area contributed by atoms with Gasteiger partial charge in [0.25, 0.3) is 0 Å². The van der Waals surface area contributed by atoms with Gasteiger partial charge in [0.15, 0.2) is 0 Å². The van der Waals surface area contributed by atoms with Crippen LogP contribution in [0.15, 0.2) is 0 Å². The van der Waals surface area contributed by atoms with Gasteiger partial charge in [-0.3, -0.25) is 4.79 Å². The number of ketones is 2. The summed E-state index contributed by atoms with van der Waals surface area (Å²) < 4.78 is 0. The summed E-state index contributed by atoms with van der Waals surface area (Å²) in [6, 6.07) is 0. The van der Waals surface area contributed by atoms with Crippen LogP contribution < -0.4 is 0 Å². The highest BCUT2D eigenvalue weighted by Crippen LogP contribution is 2.22. The molecule has 1 unspecified atom stereocenters.